The molecular weight excluding hydrogens is 270 g/mol. The van der Waals surface area contributed by atoms with Crippen LogP contribution in [0.3, 0.4) is 0 Å². The fourth-order valence-electron chi connectivity index (χ4n) is 2.65. The number of anilines is 1. The van der Waals surface area contributed by atoms with Crippen molar-refractivity contribution < 1.29 is 4.74 Å². The fourth-order valence-corrected chi connectivity index (χ4v) is 3.44. The van der Waals surface area contributed by atoms with Gasteiger partial charge in [0.25, 0.3) is 0 Å². The highest BCUT2D eigenvalue weighted by Gasteiger charge is 2.26. The molecule has 3 N–H and O–H groups in total. The first kappa shape index (κ1) is 13.8. The Morgan fingerprint density at radius 3 is 3.00 bits per heavy atom. The van der Waals surface area contributed by atoms with Crippen molar-refractivity contribution >= 4 is 26.7 Å². The molecule has 1 aliphatic heterocycles. The van der Waals surface area contributed by atoms with Crippen LogP contribution in [0, 0.1) is 5.41 Å². The minimum absolute atomic E-state index is 0.372. The summed E-state index contributed by atoms with van der Waals surface area (Å²) < 4.78 is 6.60. The van der Waals surface area contributed by atoms with Gasteiger partial charge in [0.2, 0.25) is 0 Å². The summed E-state index contributed by atoms with van der Waals surface area (Å²) in [7, 11) is 0. The van der Waals surface area contributed by atoms with E-state index >= 15 is 0 Å². The van der Waals surface area contributed by atoms with E-state index in [2.05, 4.69) is 35.4 Å². The lowest BCUT2D eigenvalue weighted by atomic mass is 9.82. The highest BCUT2D eigenvalue weighted by atomic mass is 32.1. The minimum Gasteiger partial charge on any atom is -0.381 e. The van der Waals surface area contributed by atoms with Crippen molar-refractivity contribution in [1.29, 1.82) is 0 Å². The first-order chi connectivity index (χ1) is 9.65. The molecule has 0 spiro atoms. The number of nitrogen functional groups attached to an aromatic ring is 1. The maximum atomic E-state index is 5.74. The Labute approximate surface area is 123 Å². The smallest absolute Gasteiger partial charge is 0.181 e. The van der Waals surface area contributed by atoms with Crippen LogP contribution in [0.5, 0.6) is 0 Å². The van der Waals surface area contributed by atoms with Crippen molar-refractivity contribution in [2.45, 2.75) is 26.3 Å². The summed E-state index contributed by atoms with van der Waals surface area (Å²) in [5, 5.41) is 4.22. The number of benzene rings is 1. The van der Waals surface area contributed by atoms with Crippen molar-refractivity contribution in [1.82, 2.24) is 10.3 Å². The molecule has 20 heavy (non-hydrogen) atoms. The van der Waals surface area contributed by atoms with Gasteiger partial charge in [0.15, 0.2) is 5.13 Å². The molecule has 0 radical (unpaired) electrons. The van der Waals surface area contributed by atoms with Crippen molar-refractivity contribution in [2.75, 3.05) is 25.5 Å². The van der Waals surface area contributed by atoms with Gasteiger partial charge in [-0.25, -0.2) is 4.98 Å². The third-order valence-corrected chi connectivity index (χ3v) is 4.90. The predicted molar refractivity (Wildman–Crippen MR) is 83.9 cm³/mol. The number of hydrogen-bond donors (Lipinski definition) is 2. The number of fused-ring (bicyclic) bond motifs is 1. The molecule has 0 atom stereocenters. The van der Waals surface area contributed by atoms with E-state index in [1.807, 2.05) is 0 Å². The lowest BCUT2D eigenvalue weighted by molar-refractivity contribution is 0.0240. The van der Waals surface area contributed by atoms with Crippen LogP contribution < -0.4 is 11.1 Å². The third-order valence-electron chi connectivity index (χ3n) is 4.05. The average molecular weight is 291 g/mol. The molecule has 1 aliphatic rings. The number of rotatable bonds is 4. The lowest BCUT2D eigenvalue weighted by Crippen LogP contribution is -2.36. The van der Waals surface area contributed by atoms with E-state index in [0.717, 1.165) is 44.7 Å². The minimum atomic E-state index is 0.372. The van der Waals surface area contributed by atoms with Crippen LogP contribution in [0.4, 0.5) is 5.13 Å². The fraction of sp³-hybridized carbons (Fsp3) is 0.533. The largest absolute Gasteiger partial charge is 0.381 e. The molecule has 1 saturated heterocycles. The van der Waals surface area contributed by atoms with E-state index < -0.39 is 0 Å². The SMILES string of the molecule is CC1(CNCc2ccc3nc(N)sc3c2)CCOCC1. The Hall–Kier alpha value is -1.17. The number of hydrogen-bond acceptors (Lipinski definition) is 5. The van der Waals surface area contributed by atoms with Crippen molar-refractivity contribution in [2.24, 2.45) is 5.41 Å². The molecule has 108 valence electrons. The highest BCUT2D eigenvalue weighted by Crippen LogP contribution is 2.29. The molecule has 1 aromatic carbocycles. The maximum Gasteiger partial charge on any atom is 0.181 e. The average Bonchev–Trinajstić information content (AvgIpc) is 2.79. The highest BCUT2D eigenvalue weighted by molar-refractivity contribution is 7.22. The van der Waals surface area contributed by atoms with E-state index in [0.29, 0.717) is 10.5 Å². The standard InChI is InChI=1S/C15H21N3OS/c1-15(4-6-19-7-5-15)10-17-9-11-2-3-12-13(8-11)20-14(16)18-12/h2-3,8,17H,4-7,9-10H2,1H3,(H2,16,18). The second-order valence-corrected chi connectivity index (χ2v) is 6.94. The van der Waals surface area contributed by atoms with Crippen molar-refractivity contribution in [3.05, 3.63) is 23.8 Å². The molecule has 0 unspecified atom stereocenters. The maximum absolute atomic E-state index is 5.74. The van der Waals surface area contributed by atoms with Crippen LogP contribution in [0.2, 0.25) is 0 Å². The molecule has 0 saturated carbocycles. The predicted octanol–water partition coefficient (Wildman–Crippen LogP) is 2.78. The third kappa shape index (κ3) is 3.11. The normalized spacial score (nSPS) is 18.4. The molecular formula is C15H21N3OS. The number of nitrogens with one attached hydrogen (secondary N) is 1. The van der Waals surface area contributed by atoms with Gasteiger partial charge in [0, 0.05) is 26.3 Å². The first-order valence-electron chi connectivity index (χ1n) is 7.08. The number of thiazole rings is 1. The second kappa shape index (κ2) is 5.68. The second-order valence-electron chi connectivity index (χ2n) is 5.88. The molecule has 0 amide bonds. The molecule has 5 heteroatoms. The zero-order valence-electron chi connectivity index (χ0n) is 11.8. The molecule has 0 bridgehead atoms. The van der Waals surface area contributed by atoms with Crippen molar-refractivity contribution in [3.8, 4) is 0 Å². The Kier molecular flexibility index (Phi) is 3.92. The van der Waals surface area contributed by atoms with Crippen LogP contribution in [0.1, 0.15) is 25.3 Å². The molecule has 2 heterocycles. The summed E-state index contributed by atoms with van der Waals surface area (Å²) in [6, 6.07) is 6.36. The number of ether oxygens (including phenoxy) is 1. The number of aromatic nitrogens is 1. The molecule has 1 fully saturated rings. The van der Waals surface area contributed by atoms with Gasteiger partial charge in [0.1, 0.15) is 0 Å². The van der Waals surface area contributed by atoms with Gasteiger partial charge >= 0.3 is 0 Å². The Morgan fingerprint density at radius 2 is 2.20 bits per heavy atom. The summed E-state index contributed by atoms with van der Waals surface area (Å²) in [6.07, 6.45) is 2.29. The summed E-state index contributed by atoms with van der Waals surface area (Å²) >= 11 is 1.55. The topological polar surface area (TPSA) is 60.2 Å². The van der Waals surface area contributed by atoms with E-state index in [4.69, 9.17) is 10.5 Å². The Bertz CT molecular complexity index is 590. The van der Waals surface area contributed by atoms with Gasteiger partial charge < -0.3 is 15.8 Å². The first-order valence-corrected chi connectivity index (χ1v) is 7.90. The van der Waals surface area contributed by atoms with E-state index in [-0.39, 0.29) is 0 Å². The van der Waals surface area contributed by atoms with Crippen LogP contribution >= 0.6 is 11.3 Å². The van der Waals surface area contributed by atoms with Crippen LogP contribution in [-0.2, 0) is 11.3 Å². The zero-order chi connectivity index (χ0) is 14.0. The summed E-state index contributed by atoms with van der Waals surface area (Å²) in [5.41, 5.74) is 8.39. The Morgan fingerprint density at radius 1 is 1.40 bits per heavy atom. The van der Waals surface area contributed by atoms with E-state index in [1.54, 1.807) is 11.3 Å². The van der Waals surface area contributed by atoms with Gasteiger partial charge in [-0.05, 0) is 36.0 Å². The van der Waals surface area contributed by atoms with Gasteiger partial charge in [0.05, 0.1) is 10.2 Å². The molecule has 1 aromatic heterocycles. The van der Waals surface area contributed by atoms with Gasteiger partial charge in [-0.3, -0.25) is 0 Å². The van der Waals surface area contributed by atoms with E-state index in [1.165, 1.54) is 10.3 Å². The van der Waals surface area contributed by atoms with E-state index in [9.17, 15) is 0 Å². The van der Waals surface area contributed by atoms with Gasteiger partial charge in [-0.2, -0.15) is 0 Å². The quantitative estimate of drug-likeness (QED) is 0.909. The summed E-state index contributed by atoms with van der Waals surface area (Å²) in [6.45, 7) is 6.06. The number of nitrogens with zero attached hydrogens (tertiary/aromatic N) is 1. The van der Waals surface area contributed by atoms with Crippen LogP contribution in [0.25, 0.3) is 10.2 Å². The zero-order valence-corrected chi connectivity index (χ0v) is 12.6. The lowest BCUT2D eigenvalue weighted by Gasteiger charge is -2.33. The number of nitrogens with two attached hydrogens (primary N) is 1. The van der Waals surface area contributed by atoms with Gasteiger partial charge in [-0.1, -0.05) is 24.3 Å². The van der Waals surface area contributed by atoms with Crippen LogP contribution in [0.15, 0.2) is 18.2 Å². The Balaban J connectivity index is 1.59. The summed E-state index contributed by atoms with van der Waals surface area (Å²) in [5.74, 6) is 0. The molecule has 3 rings (SSSR count). The van der Waals surface area contributed by atoms with Gasteiger partial charge in [-0.15, -0.1) is 0 Å². The monoisotopic (exact) mass is 291 g/mol. The van der Waals surface area contributed by atoms with Crippen LogP contribution in [-0.4, -0.2) is 24.7 Å². The molecule has 0 aliphatic carbocycles. The van der Waals surface area contributed by atoms with Crippen molar-refractivity contribution in [3.63, 3.8) is 0 Å². The molecule has 4 nitrogen and oxygen atoms in total. The molecule has 2 aromatic rings. The summed E-state index contributed by atoms with van der Waals surface area (Å²) in [4.78, 5) is 4.28.